The second kappa shape index (κ2) is 9.46. The maximum absolute atomic E-state index is 12.7. The Morgan fingerprint density at radius 2 is 2.08 bits per heavy atom. The lowest BCUT2D eigenvalue weighted by Gasteiger charge is -2.34. The van der Waals surface area contributed by atoms with Crippen LogP contribution in [0.1, 0.15) is 35.8 Å². The van der Waals surface area contributed by atoms with Crippen LogP contribution >= 0.6 is 23.7 Å². The van der Waals surface area contributed by atoms with Gasteiger partial charge in [0.15, 0.2) is 5.13 Å². The average molecular weight is 396 g/mol. The molecule has 3 rings (SSSR count). The molecule has 1 aromatic carbocycles. The van der Waals surface area contributed by atoms with Crippen LogP contribution < -0.4 is 11.1 Å². The van der Waals surface area contributed by atoms with Gasteiger partial charge in [-0.2, -0.15) is 0 Å². The van der Waals surface area contributed by atoms with Crippen LogP contribution in [0.5, 0.6) is 0 Å². The number of hydrogen-bond acceptors (Lipinski definition) is 5. The highest BCUT2D eigenvalue weighted by Gasteiger charge is 2.39. The van der Waals surface area contributed by atoms with Crippen LogP contribution in [0, 0.1) is 5.41 Å². The number of nitrogens with one attached hydrogen (secondary N) is 1. The van der Waals surface area contributed by atoms with Gasteiger partial charge in [0, 0.05) is 37.3 Å². The van der Waals surface area contributed by atoms with Crippen LogP contribution in [-0.4, -0.2) is 30.6 Å². The molecule has 0 bridgehead atoms. The number of anilines is 1. The molecular weight excluding hydrogens is 370 g/mol. The van der Waals surface area contributed by atoms with Crippen LogP contribution in [-0.2, 0) is 22.4 Å². The fraction of sp³-hybridized carbons (Fsp3) is 0.474. The normalized spacial score (nSPS) is 15.9. The second-order valence-electron chi connectivity index (χ2n) is 6.53. The summed E-state index contributed by atoms with van der Waals surface area (Å²) < 4.78 is 5.37. The zero-order chi connectivity index (χ0) is 17.7. The minimum atomic E-state index is -0.528. The lowest BCUT2D eigenvalue weighted by Crippen LogP contribution is -2.46. The smallest absolute Gasteiger partial charge is 0.233 e. The minimum absolute atomic E-state index is 0. The highest BCUT2D eigenvalue weighted by molar-refractivity contribution is 7.15. The summed E-state index contributed by atoms with van der Waals surface area (Å²) >= 11 is 1.53. The van der Waals surface area contributed by atoms with E-state index in [0.717, 1.165) is 17.7 Å². The monoisotopic (exact) mass is 395 g/mol. The number of ether oxygens (including phenoxy) is 1. The standard InChI is InChI=1S/C19H25N3O2S.ClH/c1-2-14-4-3-5-15(10-14)11-16-12-21-18(25-16)22-17(23)19(13-20)6-8-24-9-7-19;/h3-5,10,12H,2,6-9,11,13,20H2,1H3,(H,21,22,23);1H. The molecule has 3 N–H and O–H groups in total. The van der Waals surface area contributed by atoms with E-state index in [9.17, 15) is 4.79 Å². The summed E-state index contributed by atoms with van der Waals surface area (Å²) in [6, 6.07) is 8.59. The second-order valence-corrected chi connectivity index (χ2v) is 7.65. The zero-order valence-electron chi connectivity index (χ0n) is 15.0. The topological polar surface area (TPSA) is 77.2 Å². The number of hydrogen-bond donors (Lipinski definition) is 2. The van der Waals surface area contributed by atoms with Crippen LogP contribution in [0.4, 0.5) is 5.13 Å². The summed E-state index contributed by atoms with van der Waals surface area (Å²) in [6.45, 7) is 3.66. The van der Waals surface area contributed by atoms with E-state index < -0.39 is 5.41 Å². The molecule has 1 aromatic heterocycles. The van der Waals surface area contributed by atoms with Crippen molar-refractivity contribution in [3.8, 4) is 0 Å². The molecule has 1 aliphatic heterocycles. The summed E-state index contributed by atoms with van der Waals surface area (Å²) in [7, 11) is 0. The number of halogens is 1. The quantitative estimate of drug-likeness (QED) is 0.785. The number of aryl methyl sites for hydroxylation is 1. The first-order chi connectivity index (χ1) is 12.1. The highest BCUT2D eigenvalue weighted by atomic mass is 35.5. The third-order valence-corrected chi connectivity index (χ3v) is 5.79. The molecule has 1 saturated heterocycles. The third kappa shape index (κ3) is 4.82. The fourth-order valence-corrected chi connectivity index (χ4v) is 3.97. The van der Waals surface area contributed by atoms with E-state index in [2.05, 4.69) is 41.5 Å². The highest BCUT2D eigenvalue weighted by Crippen LogP contribution is 2.32. The summed E-state index contributed by atoms with van der Waals surface area (Å²) in [5, 5.41) is 3.61. The predicted molar refractivity (Wildman–Crippen MR) is 108 cm³/mol. The Morgan fingerprint density at radius 3 is 2.77 bits per heavy atom. The molecule has 5 nitrogen and oxygen atoms in total. The maximum atomic E-state index is 12.7. The number of thiazole rings is 1. The van der Waals surface area contributed by atoms with Crippen molar-refractivity contribution in [3.05, 3.63) is 46.5 Å². The fourth-order valence-electron chi connectivity index (χ4n) is 3.12. The van der Waals surface area contributed by atoms with Gasteiger partial charge in [0.25, 0.3) is 0 Å². The molecule has 0 aliphatic carbocycles. The number of aromatic nitrogens is 1. The largest absolute Gasteiger partial charge is 0.381 e. The van der Waals surface area contributed by atoms with Gasteiger partial charge in [0.2, 0.25) is 5.91 Å². The van der Waals surface area contributed by atoms with E-state index in [1.54, 1.807) is 0 Å². The SMILES string of the molecule is CCc1cccc(Cc2cnc(NC(=O)C3(CN)CCOCC3)s2)c1.Cl. The number of nitrogens with zero attached hydrogens (tertiary/aromatic N) is 1. The molecule has 0 unspecified atom stereocenters. The van der Waals surface area contributed by atoms with Crippen LogP contribution in [0.3, 0.4) is 0 Å². The molecule has 1 aliphatic rings. The van der Waals surface area contributed by atoms with E-state index in [0.29, 0.717) is 37.7 Å². The summed E-state index contributed by atoms with van der Waals surface area (Å²) in [6.07, 6.45) is 5.03. The van der Waals surface area contributed by atoms with Crippen molar-refractivity contribution in [2.75, 3.05) is 25.1 Å². The van der Waals surface area contributed by atoms with Crippen molar-refractivity contribution in [1.82, 2.24) is 4.98 Å². The first kappa shape index (κ1) is 20.8. The Balaban J connectivity index is 0.00000243. The summed E-state index contributed by atoms with van der Waals surface area (Å²) in [4.78, 5) is 18.2. The Bertz CT molecular complexity index is 729. The van der Waals surface area contributed by atoms with E-state index in [-0.39, 0.29) is 18.3 Å². The number of benzene rings is 1. The van der Waals surface area contributed by atoms with Gasteiger partial charge >= 0.3 is 0 Å². The van der Waals surface area contributed by atoms with Crippen LogP contribution in [0.15, 0.2) is 30.5 Å². The molecule has 1 amide bonds. The maximum Gasteiger partial charge on any atom is 0.233 e. The lowest BCUT2D eigenvalue weighted by atomic mass is 9.79. The molecular formula is C19H26ClN3O2S. The van der Waals surface area contributed by atoms with Crippen LogP contribution in [0.2, 0.25) is 0 Å². The molecule has 26 heavy (non-hydrogen) atoms. The molecule has 2 aromatic rings. The van der Waals surface area contributed by atoms with Gasteiger partial charge < -0.3 is 15.8 Å². The molecule has 0 atom stereocenters. The summed E-state index contributed by atoms with van der Waals surface area (Å²) in [5.74, 6) is -0.0350. The van der Waals surface area contributed by atoms with E-state index in [1.807, 2.05) is 6.20 Å². The number of nitrogens with two attached hydrogens (primary N) is 1. The number of rotatable bonds is 6. The first-order valence-corrected chi connectivity index (χ1v) is 9.58. The van der Waals surface area contributed by atoms with Gasteiger partial charge in [-0.05, 0) is 30.4 Å². The number of carbonyl (C=O) groups excluding carboxylic acids is 1. The third-order valence-electron chi connectivity index (χ3n) is 4.87. The summed E-state index contributed by atoms with van der Waals surface area (Å²) in [5.41, 5.74) is 7.97. The van der Waals surface area contributed by atoms with Gasteiger partial charge in [0.05, 0.1) is 5.41 Å². The van der Waals surface area contributed by atoms with Crippen molar-refractivity contribution >= 4 is 34.8 Å². The van der Waals surface area contributed by atoms with Crippen molar-refractivity contribution < 1.29 is 9.53 Å². The van der Waals surface area contributed by atoms with Crippen molar-refractivity contribution in [3.63, 3.8) is 0 Å². The van der Waals surface area contributed by atoms with E-state index in [1.165, 1.54) is 22.5 Å². The lowest BCUT2D eigenvalue weighted by molar-refractivity contribution is -0.130. The van der Waals surface area contributed by atoms with Gasteiger partial charge in [-0.25, -0.2) is 4.98 Å². The Kier molecular flexibility index (Phi) is 7.58. The minimum Gasteiger partial charge on any atom is -0.381 e. The molecule has 0 radical (unpaired) electrons. The molecule has 0 saturated carbocycles. The molecule has 0 spiro atoms. The van der Waals surface area contributed by atoms with Crippen molar-refractivity contribution in [2.45, 2.75) is 32.6 Å². The van der Waals surface area contributed by atoms with Gasteiger partial charge in [-0.1, -0.05) is 31.2 Å². The molecule has 1 fully saturated rings. The Morgan fingerprint density at radius 1 is 1.35 bits per heavy atom. The zero-order valence-corrected chi connectivity index (χ0v) is 16.6. The van der Waals surface area contributed by atoms with Gasteiger partial charge in [-0.3, -0.25) is 4.79 Å². The number of carbonyl (C=O) groups is 1. The van der Waals surface area contributed by atoms with Gasteiger partial charge in [-0.15, -0.1) is 23.7 Å². The molecule has 7 heteroatoms. The van der Waals surface area contributed by atoms with Crippen LogP contribution in [0.25, 0.3) is 0 Å². The Labute approximate surface area is 164 Å². The predicted octanol–water partition coefficient (Wildman–Crippen LogP) is 3.41. The van der Waals surface area contributed by atoms with E-state index in [4.69, 9.17) is 10.5 Å². The average Bonchev–Trinajstić information content (AvgIpc) is 3.09. The van der Waals surface area contributed by atoms with Crippen molar-refractivity contribution in [2.24, 2.45) is 11.1 Å². The van der Waals surface area contributed by atoms with E-state index >= 15 is 0 Å². The molecule has 2 heterocycles. The van der Waals surface area contributed by atoms with Gasteiger partial charge in [0.1, 0.15) is 0 Å². The number of amides is 1. The van der Waals surface area contributed by atoms with Crippen molar-refractivity contribution in [1.29, 1.82) is 0 Å². The molecule has 142 valence electrons. The first-order valence-electron chi connectivity index (χ1n) is 8.77. The Hall–Kier alpha value is -1.47.